The van der Waals surface area contributed by atoms with E-state index in [2.05, 4.69) is 28.0 Å². The number of esters is 1. The van der Waals surface area contributed by atoms with Crippen LogP contribution in [0.5, 0.6) is 0 Å². The highest BCUT2D eigenvalue weighted by Gasteiger charge is 2.33. The normalized spacial score (nSPS) is 27.3. The average Bonchev–Trinajstić information content (AvgIpc) is 2.75. The Balaban J connectivity index is 2.16. The number of nitrogens with zero attached hydrogens (tertiary/aromatic N) is 1. The summed E-state index contributed by atoms with van der Waals surface area (Å²) < 4.78 is 16.0. The van der Waals surface area contributed by atoms with E-state index in [4.69, 9.17) is 14.0 Å². The number of hydrogen-bond acceptors (Lipinski definition) is 5. The summed E-state index contributed by atoms with van der Waals surface area (Å²) in [7, 11) is 0. The predicted molar refractivity (Wildman–Crippen MR) is 72.4 cm³/mol. The first-order chi connectivity index (χ1) is 9.04. The minimum Gasteiger partial charge on any atom is -0.461 e. The lowest BCUT2D eigenvalue weighted by molar-refractivity contribution is -0.0222. The zero-order valence-corrected chi connectivity index (χ0v) is 12.9. The monoisotopic (exact) mass is 331 g/mol. The Morgan fingerprint density at radius 2 is 2.32 bits per heavy atom. The summed E-state index contributed by atoms with van der Waals surface area (Å²) in [6.45, 7) is 6.68. The molecule has 0 spiro atoms. The van der Waals surface area contributed by atoms with E-state index in [0.717, 1.165) is 6.42 Å². The molecule has 0 N–H and O–H groups in total. The number of alkyl halides is 1. The van der Waals surface area contributed by atoms with Crippen LogP contribution in [0.15, 0.2) is 4.52 Å². The van der Waals surface area contributed by atoms with Crippen molar-refractivity contribution in [2.45, 2.75) is 38.1 Å². The first kappa shape index (κ1) is 14.5. The molecule has 0 bridgehead atoms. The van der Waals surface area contributed by atoms with Crippen LogP contribution < -0.4 is 0 Å². The van der Waals surface area contributed by atoms with Crippen LogP contribution in [-0.4, -0.2) is 29.2 Å². The van der Waals surface area contributed by atoms with E-state index in [1.807, 2.05) is 6.92 Å². The predicted octanol–water partition coefficient (Wildman–Crippen LogP) is 3.02. The molecular weight excluding hydrogens is 314 g/mol. The molecule has 0 amide bonds. The minimum absolute atomic E-state index is 0.156. The molecule has 1 saturated heterocycles. The molecule has 0 radical (unpaired) electrons. The average molecular weight is 332 g/mol. The van der Waals surface area contributed by atoms with Crippen LogP contribution >= 0.6 is 15.9 Å². The lowest BCUT2D eigenvalue weighted by Gasteiger charge is -2.30. The van der Waals surface area contributed by atoms with E-state index >= 15 is 0 Å². The maximum Gasteiger partial charge on any atom is 0.360 e. The molecule has 3 unspecified atom stereocenters. The fourth-order valence-electron chi connectivity index (χ4n) is 2.10. The van der Waals surface area contributed by atoms with E-state index in [9.17, 15) is 4.79 Å². The van der Waals surface area contributed by atoms with Gasteiger partial charge in [0.15, 0.2) is 11.5 Å². The van der Waals surface area contributed by atoms with Crippen molar-refractivity contribution in [3.63, 3.8) is 0 Å². The van der Waals surface area contributed by atoms with Crippen LogP contribution in [0, 0.1) is 12.8 Å². The second-order valence-corrected chi connectivity index (χ2v) is 5.97. The van der Waals surface area contributed by atoms with Gasteiger partial charge in [-0.2, -0.15) is 0 Å². The van der Waals surface area contributed by atoms with Gasteiger partial charge in [0.05, 0.1) is 13.2 Å². The van der Waals surface area contributed by atoms with Gasteiger partial charge >= 0.3 is 5.97 Å². The second-order valence-electron chi connectivity index (χ2n) is 4.79. The van der Waals surface area contributed by atoms with Gasteiger partial charge in [-0.25, -0.2) is 4.79 Å². The molecule has 106 valence electrons. The van der Waals surface area contributed by atoms with Crippen molar-refractivity contribution in [2.75, 3.05) is 13.2 Å². The molecule has 2 rings (SSSR count). The van der Waals surface area contributed by atoms with Crippen molar-refractivity contribution in [3.8, 4) is 0 Å². The van der Waals surface area contributed by atoms with Crippen molar-refractivity contribution >= 4 is 21.9 Å². The van der Waals surface area contributed by atoms with Gasteiger partial charge in [-0.15, -0.1) is 0 Å². The van der Waals surface area contributed by atoms with Gasteiger partial charge in [0.25, 0.3) is 0 Å². The molecule has 2 heterocycles. The van der Waals surface area contributed by atoms with Crippen molar-refractivity contribution in [1.82, 2.24) is 5.16 Å². The first-order valence-electron chi connectivity index (χ1n) is 6.43. The minimum atomic E-state index is -0.449. The number of aromatic nitrogens is 1. The molecule has 1 fully saturated rings. The Labute approximate surface area is 120 Å². The molecule has 1 aliphatic heterocycles. The van der Waals surface area contributed by atoms with Gasteiger partial charge in [0, 0.05) is 10.4 Å². The number of carbonyl (C=O) groups is 1. The van der Waals surface area contributed by atoms with Crippen molar-refractivity contribution in [1.29, 1.82) is 0 Å². The van der Waals surface area contributed by atoms with E-state index < -0.39 is 5.97 Å². The number of carbonyl (C=O) groups excluding carboxylic acids is 1. The summed E-state index contributed by atoms with van der Waals surface area (Å²) in [5, 5.41) is 3.81. The molecule has 6 heteroatoms. The zero-order chi connectivity index (χ0) is 14.0. The van der Waals surface area contributed by atoms with E-state index in [1.54, 1.807) is 6.92 Å². The molecule has 0 aromatic carbocycles. The molecule has 5 nitrogen and oxygen atoms in total. The summed E-state index contributed by atoms with van der Waals surface area (Å²) in [4.78, 5) is 12.1. The topological polar surface area (TPSA) is 61.6 Å². The molecule has 1 aromatic rings. The summed E-state index contributed by atoms with van der Waals surface area (Å²) >= 11 is 3.64. The highest BCUT2D eigenvalue weighted by atomic mass is 79.9. The van der Waals surface area contributed by atoms with Crippen molar-refractivity contribution in [2.24, 2.45) is 5.92 Å². The van der Waals surface area contributed by atoms with E-state index in [0.29, 0.717) is 35.3 Å². The Morgan fingerprint density at radius 3 is 2.95 bits per heavy atom. The van der Waals surface area contributed by atoms with E-state index in [1.165, 1.54) is 0 Å². The zero-order valence-electron chi connectivity index (χ0n) is 11.3. The van der Waals surface area contributed by atoms with Gasteiger partial charge < -0.3 is 14.0 Å². The third-order valence-corrected chi connectivity index (χ3v) is 4.61. The quantitative estimate of drug-likeness (QED) is 0.629. The highest BCUT2D eigenvalue weighted by Crippen LogP contribution is 2.36. The smallest absolute Gasteiger partial charge is 0.360 e. The van der Waals surface area contributed by atoms with Gasteiger partial charge in [0.1, 0.15) is 6.10 Å². The summed E-state index contributed by atoms with van der Waals surface area (Å²) in [5.41, 5.74) is 0.947. The third kappa shape index (κ3) is 3.00. The van der Waals surface area contributed by atoms with Crippen molar-refractivity contribution in [3.05, 3.63) is 17.0 Å². The lowest BCUT2D eigenvalue weighted by atomic mass is 9.97. The second kappa shape index (κ2) is 6.05. The Hall–Kier alpha value is -0.880. The maximum absolute atomic E-state index is 11.7. The molecule has 1 aromatic heterocycles. The van der Waals surface area contributed by atoms with Crippen LogP contribution in [0.4, 0.5) is 0 Å². The van der Waals surface area contributed by atoms with Gasteiger partial charge in [-0.1, -0.05) is 28.0 Å². The molecule has 1 aliphatic rings. The van der Waals surface area contributed by atoms with Crippen molar-refractivity contribution < 1.29 is 18.8 Å². The van der Waals surface area contributed by atoms with Gasteiger partial charge in [-0.3, -0.25) is 0 Å². The maximum atomic E-state index is 11.7. The molecule has 0 saturated carbocycles. The molecular formula is C13H18BrNO4. The standard InChI is InChI=1S/C13H18BrNO4/c1-4-17-13(16)11-8(3)12(19-15-11)10-5-9(14)7(2)6-18-10/h7,9-10H,4-6H2,1-3H3. The largest absolute Gasteiger partial charge is 0.461 e. The summed E-state index contributed by atoms with van der Waals surface area (Å²) in [6.07, 6.45) is 0.649. The Kier molecular flexibility index (Phi) is 4.62. The fraction of sp³-hybridized carbons (Fsp3) is 0.692. The third-order valence-electron chi connectivity index (χ3n) is 3.34. The lowest BCUT2D eigenvalue weighted by Crippen LogP contribution is -2.28. The molecule has 0 aliphatic carbocycles. The SMILES string of the molecule is CCOC(=O)c1noc(C2CC(Br)C(C)CO2)c1C. The van der Waals surface area contributed by atoms with Crippen LogP contribution in [0.2, 0.25) is 0 Å². The summed E-state index contributed by atoms with van der Waals surface area (Å²) in [5.74, 6) is 0.637. The van der Waals surface area contributed by atoms with Gasteiger partial charge in [-0.05, 0) is 26.2 Å². The number of halogens is 1. The summed E-state index contributed by atoms with van der Waals surface area (Å²) in [6, 6.07) is 0. The van der Waals surface area contributed by atoms with Crippen LogP contribution in [0.25, 0.3) is 0 Å². The van der Waals surface area contributed by atoms with Crippen LogP contribution in [0.3, 0.4) is 0 Å². The number of ether oxygens (including phenoxy) is 2. The first-order valence-corrected chi connectivity index (χ1v) is 7.35. The number of rotatable bonds is 3. The molecule has 3 atom stereocenters. The number of hydrogen-bond donors (Lipinski definition) is 0. The van der Waals surface area contributed by atoms with Crippen LogP contribution in [-0.2, 0) is 9.47 Å². The Morgan fingerprint density at radius 1 is 1.58 bits per heavy atom. The fourth-order valence-corrected chi connectivity index (χ4v) is 2.59. The highest BCUT2D eigenvalue weighted by molar-refractivity contribution is 9.09. The van der Waals surface area contributed by atoms with Gasteiger partial charge in [0.2, 0.25) is 0 Å². The molecule has 19 heavy (non-hydrogen) atoms. The Bertz CT molecular complexity index is 459. The van der Waals surface area contributed by atoms with E-state index in [-0.39, 0.29) is 11.8 Å². The van der Waals surface area contributed by atoms with Crippen LogP contribution in [0.1, 0.15) is 48.2 Å².